The highest BCUT2D eigenvalue weighted by Crippen LogP contribution is 2.37. The molecule has 0 radical (unpaired) electrons. The average molecular weight is 524 g/mol. The molecule has 4 rings (SSSR count). The lowest BCUT2D eigenvalue weighted by Crippen LogP contribution is -2.36. The molecule has 0 aromatic heterocycles. The third kappa shape index (κ3) is 6.08. The summed E-state index contributed by atoms with van der Waals surface area (Å²) in [6.07, 6.45) is -3.04. The molecule has 11 heteroatoms. The summed E-state index contributed by atoms with van der Waals surface area (Å²) in [5.74, 6) is -1.48. The predicted octanol–water partition coefficient (Wildman–Crippen LogP) is 5.49. The first-order valence-electron chi connectivity index (χ1n) is 12.1. The number of nitrogens with zero attached hydrogens (tertiary/aromatic N) is 3. The minimum absolute atomic E-state index is 0.120. The number of carboxylic acid groups (broad SMARTS) is 1. The van der Waals surface area contributed by atoms with E-state index in [9.17, 15) is 27.5 Å². The van der Waals surface area contributed by atoms with Crippen LogP contribution in [-0.4, -0.2) is 55.3 Å². The molecular formula is C26H29F4N3O4. The van der Waals surface area contributed by atoms with Crippen molar-refractivity contribution in [1.29, 1.82) is 0 Å². The fraction of sp³-hybridized carbons (Fsp3) is 0.462. The molecule has 0 spiro atoms. The van der Waals surface area contributed by atoms with Crippen molar-refractivity contribution in [3.63, 3.8) is 0 Å². The number of rotatable bonds is 7. The van der Waals surface area contributed by atoms with E-state index in [0.29, 0.717) is 42.4 Å². The van der Waals surface area contributed by atoms with Gasteiger partial charge < -0.3 is 19.5 Å². The summed E-state index contributed by atoms with van der Waals surface area (Å²) >= 11 is 0. The van der Waals surface area contributed by atoms with Crippen LogP contribution in [0.3, 0.4) is 0 Å². The Morgan fingerprint density at radius 1 is 1.11 bits per heavy atom. The van der Waals surface area contributed by atoms with E-state index in [4.69, 9.17) is 9.47 Å². The highest BCUT2D eigenvalue weighted by atomic mass is 19.4. The van der Waals surface area contributed by atoms with Crippen LogP contribution in [0.4, 0.5) is 28.9 Å². The SMILES string of the molecule is COc1ccc(F)c(N2CCCC(Oc3ccc(N4N=C(C(F)(F)F)C(C)C4CC(=O)O)cc3)CC2)c1. The second-order valence-electron chi connectivity index (χ2n) is 9.25. The molecule has 37 heavy (non-hydrogen) atoms. The predicted molar refractivity (Wildman–Crippen MR) is 131 cm³/mol. The number of ether oxygens (including phenoxy) is 2. The molecule has 7 nitrogen and oxygen atoms in total. The van der Waals surface area contributed by atoms with Gasteiger partial charge in [0.05, 0.1) is 30.9 Å². The fourth-order valence-corrected chi connectivity index (χ4v) is 4.84. The summed E-state index contributed by atoms with van der Waals surface area (Å²) in [5.41, 5.74) is -0.154. The van der Waals surface area contributed by atoms with E-state index < -0.39 is 36.2 Å². The van der Waals surface area contributed by atoms with Gasteiger partial charge in [-0.1, -0.05) is 6.92 Å². The van der Waals surface area contributed by atoms with Gasteiger partial charge in [0.2, 0.25) is 0 Å². The second-order valence-corrected chi connectivity index (χ2v) is 9.25. The van der Waals surface area contributed by atoms with Crippen LogP contribution in [0.2, 0.25) is 0 Å². The van der Waals surface area contributed by atoms with E-state index in [1.165, 1.54) is 20.1 Å². The highest BCUT2D eigenvalue weighted by Gasteiger charge is 2.48. The number of aliphatic carboxylic acids is 1. The maximum atomic E-state index is 14.4. The molecule has 2 aromatic carbocycles. The van der Waals surface area contributed by atoms with E-state index in [2.05, 4.69) is 5.10 Å². The summed E-state index contributed by atoms with van der Waals surface area (Å²) in [6, 6.07) is 10.1. The lowest BCUT2D eigenvalue weighted by Gasteiger charge is -2.25. The third-order valence-corrected chi connectivity index (χ3v) is 6.79. The van der Waals surface area contributed by atoms with E-state index in [1.54, 1.807) is 36.4 Å². The van der Waals surface area contributed by atoms with Crippen molar-refractivity contribution in [2.24, 2.45) is 11.0 Å². The topological polar surface area (TPSA) is 74.6 Å². The van der Waals surface area contributed by atoms with Gasteiger partial charge >= 0.3 is 12.1 Å². The molecule has 0 aliphatic carbocycles. The number of hydrogen-bond acceptors (Lipinski definition) is 6. The molecule has 0 amide bonds. The van der Waals surface area contributed by atoms with Crippen molar-refractivity contribution in [3.8, 4) is 11.5 Å². The Morgan fingerprint density at radius 3 is 2.46 bits per heavy atom. The maximum Gasteiger partial charge on any atom is 0.431 e. The van der Waals surface area contributed by atoms with Crippen LogP contribution in [0, 0.1) is 11.7 Å². The Labute approximate surface area is 212 Å². The first-order valence-corrected chi connectivity index (χ1v) is 12.1. The molecule has 3 atom stereocenters. The van der Waals surface area contributed by atoms with Crippen molar-refractivity contribution in [2.45, 2.75) is 50.9 Å². The van der Waals surface area contributed by atoms with Crippen molar-refractivity contribution >= 4 is 23.1 Å². The van der Waals surface area contributed by atoms with Crippen molar-refractivity contribution in [2.75, 3.05) is 30.1 Å². The molecule has 2 aromatic rings. The molecule has 2 aliphatic rings. The van der Waals surface area contributed by atoms with Gasteiger partial charge in [-0.25, -0.2) is 4.39 Å². The van der Waals surface area contributed by atoms with E-state index in [0.717, 1.165) is 17.9 Å². The number of halogens is 4. The Kier molecular flexibility index (Phi) is 7.79. The number of carboxylic acids is 1. The Morgan fingerprint density at radius 2 is 1.81 bits per heavy atom. The van der Waals surface area contributed by atoms with Crippen LogP contribution in [0.15, 0.2) is 47.6 Å². The third-order valence-electron chi connectivity index (χ3n) is 6.79. The van der Waals surface area contributed by atoms with Crippen molar-refractivity contribution < 1.29 is 36.9 Å². The van der Waals surface area contributed by atoms with E-state index >= 15 is 0 Å². The number of alkyl halides is 3. The lowest BCUT2D eigenvalue weighted by atomic mass is 9.94. The summed E-state index contributed by atoms with van der Waals surface area (Å²) in [6.45, 7) is 2.59. The van der Waals surface area contributed by atoms with Crippen molar-refractivity contribution in [3.05, 3.63) is 48.3 Å². The zero-order chi connectivity index (χ0) is 26.7. The van der Waals surface area contributed by atoms with E-state index in [-0.39, 0.29) is 11.9 Å². The monoisotopic (exact) mass is 523 g/mol. The molecular weight excluding hydrogens is 494 g/mol. The van der Waals surface area contributed by atoms with Crippen LogP contribution >= 0.6 is 0 Å². The molecule has 3 unspecified atom stereocenters. The number of carbonyl (C=O) groups is 1. The van der Waals surface area contributed by atoms with Crippen LogP contribution in [0.25, 0.3) is 0 Å². The second kappa shape index (κ2) is 10.9. The van der Waals surface area contributed by atoms with Gasteiger partial charge in [-0.15, -0.1) is 0 Å². The fourth-order valence-electron chi connectivity index (χ4n) is 4.84. The van der Waals surface area contributed by atoms with E-state index in [1.807, 2.05) is 4.90 Å². The van der Waals surface area contributed by atoms with Crippen LogP contribution in [0.1, 0.15) is 32.6 Å². The molecule has 0 bridgehead atoms. The summed E-state index contributed by atoms with van der Waals surface area (Å²) in [7, 11) is 1.53. The van der Waals surface area contributed by atoms with Gasteiger partial charge in [-0.2, -0.15) is 18.3 Å². The molecule has 1 fully saturated rings. The minimum atomic E-state index is -4.64. The Balaban J connectivity index is 1.43. The van der Waals surface area contributed by atoms with Gasteiger partial charge in [0.25, 0.3) is 0 Å². The van der Waals surface area contributed by atoms with Crippen molar-refractivity contribution in [1.82, 2.24) is 0 Å². The summed E-state index contributed by atoms with van der Waals surface area (Å²) in [4.78, 5) is 13.3. The Bertz CT molecular complexity index is 1140. The quantitative estimate of drug-likeness (QED) is 0.484. The average Bonchev–Trinajstić information content (AvgIpc) is 3.01. The first kappa shape index (κ1) is 26.6. The van der Waals surface area contributed by atoms with Crippen LogP contribution < -0.4 is 19.4 Å². The number of hydrogen-bond donors (Lipinski definition) is 1. The minimum Gasteiger partial charge on any atom is -0.497 e. The van der Waals surface area contributed by atoms with Gasteiger partial charge in [-0.05, 0) is 49.2 Å². The molecule has 2 aliphatic heterocycles. The zero-order valence-corrected chi connectivity index (χ0v) is 20.5. The largest absolute Gasteiger partial charge is 0.497 e. The molecule has 1 N–H and O–H groups in total. The molecule has 0 saturated carbocycles. The smallest absolute Gasteiger partial charge is 0.431 e. The molecule has 2 heterocycles. The molecule has 1 saturated heterocycles. The molecule has 200 valence electrons. The van der Waals surface area contributed by atoms with Gasteiger partial charge in [0.15, 0.2) is 0 Å². The number of methoxy groups -OCH3 is 1. The van der Waals surface area contributed by atoms with Crippen LogP contribution in [-0.2, 0) is 4.79 Å². The maximum absolute atomic E-state index is 14.4. The summed E-state index contributed by atoms with van der Waals surface area (Å²) < 4.78 is 66.0. The first-order chi connectivity index (χ1) is 17.6. The lowest BCUT2D eigenvalue weighted by molar-refractivity contribution is -0.137. The standard InChI is InChI=1S/C26H29F4N3O4/c1-16-22(15-24(34)35)33(31-25(16)26(28,29)30)17-5-7-19(8-6-17)37-18-4-3-12-32(13-11-18)23-14-20(36-2)9-10-21(23)27/h5-10,14,16,18,22H,3-4,11-13,15H2,1-2H3,(H,34,35). The number of hydrazone groups is 1. The number of anilines is 2. The van der Waals surface area contributed by atoms with Gasteiger partial charge in [0.1, 0.15) is 29.1 Å². The van der Waals surface area contributed by atoms with Gasteiger partial charge in [0, 0.05) is 31.5 Å². The zero-order valence-electron chi connectivity index (χ0n) is 20.5. The Hall–Kier alpha value is -3.50. The van der Waals surface area contributed by atoms with Crippen LogP contribution in [0.5, 0.6) is 11.5 Å². The van der Waals surface area contributed by atoms with Gasteiger partial charge in [-0.3, -0.25) is 9.80 Å². The normalized spacial score (nSPS) is 22.4. The highest BCUT2D eigenvalue weighted by molar-refractivity contribution is 5.95. The summed E-state index contributed by atoms with van der Waals surface area (Å²) in [5, 5.41) is 14.1. The number of benzene rings is 2.